The Hall–Kier alpha value is -0.830. The summed E-state index contributed by atoms with van der Waals surface area (Å²) in [5.41, 5.74) is 4.12. The number of H-pyrrole nitrogens is 1. The lowest BCUT2D eigenvalue weighted by Crippen LogP contribution is -2.11. The van der Waals surface area contributed by atoms with E-state index in [0.29, 0.717) is 11.8 Å². The van der Waals surface area contributed by atoms with Crippen molar-refractivity contribution in [1.82, 2.24) is 15.5 Å². The predicted molar refractivity (Wildman–Crippen MR) is 71.1 cm³/mol. The quantitative estimate of drug-likeness (QED) is 0.823. The summed E-state index contributed by atoms with van der Waals surface area (Å²) in [6.07, 6.45) is 6.49. The zero-order valence-electron chi connectivity index (χ0n) is 11.3. The average Bonchev–Trinajstić information content (AvgIpc) is 2.88. The van der Waals surface area contributed by atoms with Gasteiger partial charge in [-0.1, -0.05) is 26.7 Å². The minimum absolute atomic E-state index is 0.683. The topological polar surface area (TPSA) is 40.7 Å². The Balaban J connectivity index is 2.21. The van der Waals surface area contributed by atoms with Crippen molar-refractivity contribution in [3.63, 3.8) is 0 Å². The van der Waals surface area contributed by atoms with E-state index in [9.17, 15) is 0 Å². The van der Waals surface area contributed by atoms with Crippen LogP contribution in [0.4, 0.5) is 0 Å². The van der Waals surface area contributed by atoms with Gasteiger partial charge < -0.3 is 5.32 Å². The van der Waals surface area contributed by atoms with Gasteiger partial charge in [0.15, 0.2) is 0 Å². The summed E-state index contributed by atoms with van der Waals surface area (Å²) in [5.74, 6) is 1.39. The Kier molecular flexibility index (Phi) is 4.21. The molecule has 1 aliphatic rings. The average molecular weight is 235 g/mol. The maximum absolute atomic E-state index is 4.60. The smallest absolute Gasteiger partial charge is 0.0700 e. The zero-order valence-corrected chi connectivity index (χ0v) is 11.3. The van der Waals surface area contributed by atoms with Crippen molar-refractivity contribution in [1.29, 1.82) is 0 Å². The maximum atomic E-state index is 4.60. The van der Waals surface area contributed by atoms with Gasteiger partial charge >= 0.3 is 0 Å². The van der Waals surface area contributed by atoms with Crippen LogP contribution in [-0.2, 0) is 13.0 Å². The van der Waals surface area contributed by atoms with Crippen molar-refractivity contribution in [3.8, 4) is 0 Å². The lowest BCUT2D eigenvalue weighted by Gasteiger charge is -2.11. The fourth-order valence-electron chi connectivity index (χ4n) is 2.91. The molecule has 2 rings (SSSR count). The number of rotatable bonds is 5. The van der Waals surface area contributed by atoms with E-state index in [2.05, 4.69) is 29.4 Å². The lowest BCUT2D eigenvalue weighted by atomic mass is 9.96. The van der Waals surface area contributed by atoms with Crippen LogP contribution in [0.5, 0.6) is 0 Å². The van der Waals surface area contributed by atoms with Crippen LogP contribution in [0.2, 0.25) is 0 Å². The van der Waals surface area contributed by atoms with Gasteiger partial charge in [0, 0.05) is 23.7 Å². The summed E-state index contributed by atoms with van der Waals surface area (Å²) in [6, 6.07) is 0. The van der Waals surface area contributed by atoms with Crippen molar-refractivity contribution in [2.45, 2.75) is 58.4 Å². The third-order valence-corrected chi connectivity index (χ3v) is 3.69. The Morgan fingerprint density at radius 3 is 2.65 bits per heavy atom. The molecule has 1 aromatic rings. The SMILES string of the molecule is CNCc1c(C2CCCC2)n[nH]c1CC(C)C. The van der Waals surface area contributed by atoms with E-state index >= 15 is 0 Å². The van der Waals surface area contributed by atoms with Crippen LogP contribution in [0, 0.1) is 5.92 Å². The minimum atomic E-state index is 0.683. The fourth-order valence-corrected chi connectivity index (χ4v) is 2.91. The summed E-state index contributed by atoms with van der Waals surface area (Å²) in [5, 5.41) is 11.2. The molecular formula is C14H25N3. The molecule has 0 aromatic carbocycles. The zero-order chi connectivity index (χ0) is 12.3. The van der Waals surface area contributed by atoms with Crippen LogP contribution in [0.25, 0.3) is 0 Å². The standard InChI is InChI=1S/C14H25N3/c1-10(2)8-13-12(9-15-3)14(17-16-13)11-6-4-5-7-11/h10-11,15H,4-9H2,1-3H3,(H,16,17). The predicted octanol–water partition coefficient (Wildman–Crippen LogP) is 2.99. The Labute approximate surface area is 104 Å². The molecule has 0 radical (unpaired) electrons. The monoisotopic (exact) mass is 235 g/mol. The van der Waals surface area contributed by atoms with Crippen LogP contribution in [0.3, 0.4) is 0 Å². The molecule has 1 heterocycles. The molecule has 1 fully saturated rings. The van der Waals surface area contributed by atoms with E-state index in [1.165, 1.54) is 42.6 Å². The van der Waals surface area contributed by atoms with Crippen LogP contribution in [-0.4, -0.2) is 17.2 Å². The van der Waals surface area contributed by atoms with Gasteiger partial charge in [0.05, 0.1) is 5.69 Å². The summed E-state index contributed by atoms with van der Waals surface area (Å²) in [7, 11) is 2.02. The normalized spacial score (nSPS) is 17.2. The third kappa shape index (κ3) is 2.89. The third-order valence-electron chi connectivity index (χ3n) is 3.69. The van der Waals surface area contributed by atoms with E-state index in [1.807, 2.05) is 7.05 Å². The van der Waals surface area contributed by atoms with E-state index < -0.39 is 0 Å². The Bertz CT molecular complexity index is 348. The first kappa shape index (κ1) is 12.6. The molecule has 0 spiro atoms. The van der Waals surface area contributed by atoms with Crippen LogP contribution in [0.1, 0.15) is 62.4 Å². The molecule has 0 aliphatic heterocycles. The first-order valence-electron chi connectivity index (χ1n) is 6.93. The van der Waals surface area contributed by atoms with E-state index in [0.717, 1.165) is 13.0 Å². The summed E-state index contributed by atoms with van der Waals surface area (Å²) >= 11 is 0. The number of hydrogen-bond acceptors (Lipinski definition) is 2. The van der Waals surface area contributed by atoms with E-state index in [1.54, 1.807) is 0 Å². The minimum Gasteiger partial charge on any atom is -0.316 e. The highest BCUT2D eigenvalue weighted by atomic mass is 15.1. The number of aromatic nitrogens is 2. The van der Waals surface area contributed by atoms with Crippen molar-refractivity contribution in [2.75, 3.05) is 7.05 Å². The van der Waals surface area contributed by atoms with Crippen molar-refractivity contribution in [2.24, 2.45) is 5.92 Å². The second-order valence-corrected chi connectivity index (χ2v) is 5.68. The Morgan fingerprint density at radius 2 is 2.06 bits per heavy atom. The second-order valence-electron chi connectivity index (χ2n) is 5.68. The molecule has 0 bridgehead atoms. The number of nitrogens with zero attached hydrogens (tertiary/aromatic N) is 1. The van der Waals surface area contributed by atoms with Gasteiger partial charge in [-0.3, -0.25) is 5.10 Å². The maximum Gasteiger partial charge on any atom is 0.0700 e. The van der Waals surface area contributed by atoms with Crippen LogP contribution in [0.15, 0.2) is 0 Å². The van der Waals surface area contributed by atoms with E-state index in [4.69, 9.17) is 0 Å². The first-order valence-corrected chi connectivity index (χ1v) is 6.93. The molecule has 0 saturated heterocycles. The summed E-state index contributed by atoms with van der Waals surface area (Å²) < 4.78 is 0. The molecule has 1 saturated carbocycles. The van der Waals surface area contributed by atoms with Crippen LogP contribution >= 0.6 is 0 Å². The van der Waals surface area contributed by atoms with Crippen LogP contribution < -0.4 is 5.32 Å². The summed E-state index contributed by atoms with van der Waals surface area (Å²) in [6.45, 7) is 5.48. The molecule has 3 heteroatoms. The number of aromatic amines is 1. The van der Waals surface area contributed by atoms with E-state index in [-0.39, 0.29) is 0 Å². The largest absolute Gasteiger partial charge is 0.316 e. The van der Waals surface area contributed by atoms with Gasteiger partial charge in [-0.2, -0.15) is 5.10 Å². The van der Waals surface area contributed by atoms with Gasteiger partial charge in [-0.15, -0.1) is 0 Å². The molecule has 3 nitrogen and oxygen atoms in total. The highest BCUT2D eigenvalue weighted by Gasteiger charge is 2.24. The van der Waals surface area contributed by atoms with Crippen molar-refractivity contribution >= 4 is 0 Å². The lowest BCUT2D eigenvalue weighted by molar-refractivity contribution is 0.626. The Morgan fingerprint density at radius 1 is 1.35 bits per heavy atom. The number of hydrogen-bond donors (Lipinski definition) is 2. The molecule has 1 aliphatic carbocycles. The van der Waals surface area contributed by atoms with Crippen molar-refractivity contribution in [3.05, 3.63) is 17.0 Å². The number of nitrogens with one attached hydrogen (secondary N) is 2. The van der Waals surface area contributed by atoms with Gasteiger partial charge in [-0.05, 0) is 32.2 Å². The van der Waals surface area contributed by atoms with Crippen molar-refractivity contribution < 1.29 is 0 Å². The van der Waals surface area contributed by atoms with Gasteiger partial charge in [0.2, 0.25) is 0 Å². The molecule has 1 aromatic heterocycles. The van der Waals surface area contributed by atoms with Gasteiger partial charge in [0.25, 0.3) is 0 Å². The highest BCUT2D eigenvalue weighted by Crippen LogP contribution is 2.35. The molecular weight excluding hydrogens is 210 g/mol. The molecule has 2 N–H and O–H groups in total. The molecule has 0 amide bonds. The van der Waals surface area contributed by atoms with Gasteiger partial charge in [-0.25, -0.2) is 0 Å². The second kappa shape index (κ2) is 5.67. The molecule has 17 heavy (non-hydrogen) atoms. The fraction of sp³-hybridized carbons (Fsp3) is 0.786. The molecule has 0 unspecified atom stereocenters. The molecule has 96 valence electrons. The first-order chi connectivity index (χ1) is 8.22. The highest BCUT2D eigenvalue weighted by molar-refractivity contribution is 5.29. The molecule has 0 atom stereocenters. The summed E-state index contributed by atoms with van der Waals surface area (Å²) in [4.78, 5) is 0. The van der Waals surface area contributed by atoms with Gasteiger partial charge in [0.1, 0.15) is 0 Å².